The predicted molar refractivity (Wildman–Crippen MR) is 71.9 cm³/mol. The van der Waals surface area contributed by atoms with E-state index in [1.54, 1.807) is 0 Å². The zero-order chi connectivity index (χ0) is 14.0. The van der Waals surface area contributed by atoms with Crippen LogP contribution in [0.3, 0.4) is 0 Å². The lowest BCUT2D eigenvalue weighted by atomic mass is 9.81. The molecule has 0 spiro atoms. The van der Waals surface area contributed by atoms with E-state index in [1.807, 2.05) is 0 Å². The van der Waals surface area contributed by atoms with E-state index in [4.69, 9.17) is 5.73 Å². The third-order valence-electron chi connectivity index (χ3n) is 4.05. The lowest BCUT2D eigenvalue weighted by Gasteiger charge is -2.39. The minimum Gasteiger partial charge on any atom is -0.348 e. The molecule has 1 rings (SSSR count). The van der Waals surface area contributed by atoms with Crippen molar-refractivity contribution in [2.24, 2.45) is 5.73 Å². The molecule has 18 heavy (non-hydrogen) atoms. The summed E-state index contributed by atoms with van der Waals surface area (Å²) in [6.45, 7) is 3.23. The average molecular weight is 276 g/mol. The van der Waals surface area contributed by atoms with Crippen molar-refractivity contribution >= 4 is 15.7 Å². The van der Waals surface area contributed by atoms with Crippen molar-refractivity contribution in [1.82, 2.24) is 5.32 Å². The maximum absolute atomic E-state index is 12.2. The largest absolute Gasteiger partial charge is 0.348 e. The molecule has 0 unspecified atom stereocenters. The number of hydrogen-bond donors (Lipinski definition) is 2. The van der Waals surface area contributed by atoms with Crippen molar-refractivity contribution in [3.63, 3.8) is 0 Å². The number of nitrogens with two attached hydrogens (primary N) is 1. The van der Waals surface area contributed by atoms with Crippen LogP contribution in [0.25, 0.3) is 0 Å². The molecule has 1 aliphatic rings. The van der Waals surface area contributed by atoms with Gasteiger partial charge in [-0.25, -0.2) is 8.42 Å². The molecule has 5 nitrogen and oxygen atoms in total. The van der Waals surface area contributed by atoms with Gasteiger partial charge in [0.25, 0.3) is 0 Å². The topological polar surface area (TPSA) is 89.3 Å². The highest BCUT2D eigenvalue weighted by Crippen LogP contribution is 2.28. The molecule has 0 bridgehead atoms. The summed E-state index contributed by atoms with van der Waals surface area (Å²) in [7, 11) is -3.44. The van der Waals surface area contributed by atoms with E-state index in [0.717, 1.165) is 38.4 Å². The first-order chi connectivity index (χ1) is 8.15. The number of sulfone groups is 1. The predicted octanol–water partition coefficient (Wildman–Crippen LogP) is 0.587. The third-order valence-corrected chi connectivity index (χ3v) is 6.09. The van der Waals surface area contributed by atoms with Gasteiger partial charge in [0, 0.05) is 12.8 Å². The van der Waals surface area contributed by atoms with Gasteiger partial charge < -0.3 is 11.1 Å². The van der Waals surface area contributed by atoms with Gasteiger partial charge in [0.15, 0.2) is 9.84 Å². The number of amides is 1. The van der Waals surface area contributed by atoms with Crippen molar-refractivity contribution in [3.8, 4) is 0 Å². The van der Waals surface area contributed by atoms with Gasteiger partial charge >= 0.3 is 0 Å². The van der Waals surface area contributed by atoms with E-state index in [0.29, 0.717) is 6.54 Å². The number of carbonyl (C=O) groups excluding carboxylic acids is 1. The molecule has 3 N–H and O–H groups in total. The minimum absolute atomic E-state index is 0.360. The molecule has 0 aromatic carbocycles. The van der Waals surface area contributed by atoms with Gasteiger partial charge in [-0.1, -0.05) is 19.3 Å². The van der Waals surface area contributed by atoms with Gasteiger partial charge in [0.2, 0.25) is 5.91 Å². The van der Waals surface area contributed by atoms with Gasteiger partial charge in [-0.05, 0) is 26.7 Å². The first kappa shape index (κ1) is 15.4. The quantitative estimate of drug-likeness (QED) is 0.786. The van der Waals surface area contributed by atoms with Crippen LogP contribution in [0.1, 0.15) is 46.0 Å². The monoisotopic (exact) mass is 276 g/mol. The average Bonchev–Trinajstić information content (AvgIpc) is 2.28. The van der Waals surface area contributed by atoms with Crippen molar-refractivity contribution in [2.75, 3.05) is 12.8 Å². The van der Waals surface area contributed by atoms with E-state index < -0.39 is 26.0 Å². The second-order valence-corrected chi connectivity index (χ2v) is 8.35. The Balaban J connectivity index is 2.86. The highest BCUT2D eigenvalue weighted by molar-refractivity contribution is 7.92. The second kappa shape index (κ2) is 5.17. The van der Waals surface area contributed by atoms with Crippen LogP contribution in [-0.2, 0) is 14.6 Å². The summed E-state index contributed by atoms with van der Waals surface area (Å²) in [6, 6.07) is 0. The molecule has 1 amide bonds. The van der Waals surface area contributed by atoms with Crippen molar-refractivity contribution in [3.05, 3.63) is 0 Å². The molecular weight excluding hydrogens is 252 g/mol. The minimum atomic E-state index is -3.44. The summed E-state index contributed by atoms with van der Waals surface area (Å²) in [5, 5.41) is 2.89. The maximum Gasteiger partial charge on any atom is 0.241 e. The van der Waals surface area contributed by atoms with E-state index >= 15 is 0 Å². The van der Waals surface area contributed by atoms with Crippen LogP contribution in [0.5, 0.6) is 0 Å². The fourth-order valence-corrected chi connectivity index (χ4v) is 2.56. The van der Waals surface area contributed by atoms with Gasteiger partial charge in [0.05, 0.1) is 5.54 Å². The Labute approximate surface area is 109 Å². The normalized spacial score (nSPS) is 20.4. The smallest absolute Gasteiger partial charge is 0.241 e. The number of hydrogen-bond acceptors (Lipinski definition) is 4. The second-order valence-electron chi connectivity index (χ2n) is 5.78. The molecule has 6 heteroatoms. The molecule has 0 aromatic rings. The van der Waals surface area contributed by atoms with Crippen molar-refractivity contribution < 1.29 is 13.2 Å². The maximum atomic E-state index is 12.2. The van der Waals surface area contributed by atoms with Crippen LogP contribution in [0, 0.1) is 0 Å². The summed E-state index contributed by atoms with van der Waals surface area (Å²) in [6.07, 6.45) is 5.94. The molecule has 1 fully saturated rings. The van der Waals surface area contributed by atoms with Crippen LogP contribution in [0.2, 0.25) is 0 Å². The Morgan fingerprint density at radius 3 is 2.17 bits per heavy atom. The molecule has 1 saturated carbocycles. The van der Waals surface area contributed by atoms with Gasteiger partial charge in [-0.3, -0.25) is 4.79 Å². The Morgan fingerprint density at radius 2 is 1.78 bits per heavy atom. The van der Waals surface area contributed by atoms with Crippen molar-refractivity contribution in [1.29, 1.82) is 0 Å². The van der Waals surface area contributed by atoms with Crippen LogP contribution in [-0.4, -0.2) is 37.4 Å². The van der Waals surface area contributed by atoms with Gasteiger partial charge in [0.1, 0.15) is 4.75 Å². The Morgan fingerprint density at radius 1 is 1.28 bits per heavy atom. The van der Waals surface area contributed by atoms with Crippen LogP contribution in [0.15, 0.2) is 0 Å². The van der Waals surface area contributed by atoms with E-state index in [-0.39, 0.29) is 0 Å². The zero-order valence-corrected chi connectivity index (χ0v) is 12.3. The number of nitrogens with one attached hydrogen (secondary N) is 1. The number of carbonyl (C=O) groups is 1. The summed E-state index contributed by atoms with van der Waals surface area (Å²) in [4.78, 5) is 12.2. The molecule has 0 saturated heterocycles. The molecule has 0 atom stereocenters. The van der Waals surface area contributed by atoms with E-state index in [9.17, 15) is 13.2 Å². The molecule has 0 aromatic heterocycles. The zero-order valence-electron chi connectivity index (χ0n) is 11.5. The Kier molecular flexibility index (Phi) is 4.43. The van der Waals surface area contributed by atoms with Gasteiger partial charge in [-0.15, -0.1) is 0 Å². The Bertz CT molecular complexity index is 409. The third kappa shape index (κ3) is 3.03. The molecule has 0 radical (unpaired) electrons. The molecule has 1 aliphatic carbocycles. The first-order valence-corrected chi connectivity index (χ1v) is 8.26. The summed E-state index contributed by atoms with van der Waals surface area (Å²) < 4.78 is 21.9. The Hall–Kier alpha value is -0.620. The fourth-order valence-electron chi connectivity index (χ4n) is 2.17. The van der Waals surface area contributed by atoms with Crippen LogP contribution in [0.4, 0.5) is 0 Å². The summed E-state index contributed by atoms with van der Waals surface area (Å²) in [5.41, 5.74) is 5.36. The molecule has 106 valence electrons. The summed E-state index contributed by atoms with van der Waals surface area (Å²) >= 11 is 0. The first-order valence-electron chi connectivity index (χ1n) is 6.37. The van der Waals surface area contributed by atoms with Crippen molar-refractivity contribution in [2.45, 2.75) is 56.2 Å². The van der Waals surface area contributed by atoms with Crippen LogP contribution < -0.4 is 11.1 Å². The lowest BCUT2D eigenvalue weighted by Crippen LogP contribution is -2.60. The van der Waals surface area contributed by atoms with Crippen LogP contribution >= 0.6 is 0 Å². The summed E-state index contributed by atoms with van der Waals surface area (Å²) in [5.74, 6) is -0.447. The highest BCUT2D eigenvalue weighted by Gasteiger charge is 2.42. The molecule has 0 heterocycles. The number of rotatable bonds is 4. The lowest BCUT2D eigenvalue weighted by molar-refractivity contribution is -0.125. The van der Waals surface area contributed by atoms with E-state index in [2.05, 4.69) is 5.32 Å². The van der Waals surface area contributed by atoms with Gasteiger partial charge in [-0.2, -0.15) is 0 Å². The fraction of sp³-hybridized carbons (Fsp3) is 0.917. The van der Waals surface area contributed by atoms with E-state index in [1.165, 1.54) is 13.8 Å². The standard InChI is InChI=1S/C12H24N2O3S/c1-11(2,18(3,16)17)10(15)14-12(9-13)7-5-4-6-8-12/h4-9,13H2,1-3H3,(H,14,15). The highest BCUT2D eigenvalue weighted by atomic mass is 32.2. The molecular formula is C12H24N2O3S. The SMILES string of the molecule is CC(C)(C(=O)NC1(CN)CCCCC1)S(C)(=O)=O. The molecule has 0 aliphatic heterocycles.